The van der Waals surface area contributed by atoms with E-state index in [1.165, 1.54) is 39.1 Å². The second kappa shape index (κ2) is 7.69. The summed E-state index contributed by atoms with van der Waals surface area (Å²) in [6.07, 6.45) is 7.21. The smallest absolute Gasteiger partial charge is 0.257 e. The maximum atomic E-state index is 12.7. The van der Waals surface area contributed by atoms with E-state index in [-0.39, 0.29) is 10.8 Å². The van der Waals surface area contributed by atoms with Crippen molar-refractivity contribution in [2.45, 2.75) is 49.8 Å². The molecule has 2 aliphatic rings. The summed E-state index contributed by atoms with van der Waals surface area (Å²) in [6, 6.07) is 6.18. The number of benzene rings is 1. The first kappa shape index (κ1) is 18.6. The highest BCUT2D eigenvalue weighted by Crippen LogP contribution is 2.30. The fraction of sp³-hybridized carbons (Fsp3) is 0.474. The summed E-state index contributed by atoms with van der Waals surface area (Å²) in [5, 5.41) is 3.47. The quantitative estimate of drug-likeness (QED) is 0.845. The molecule has 27 heavy (non-hydrogen) atoms. The lowest BCUT2D eigenvalue weighted by atomic mass is 10.0. The molecule has 4 rings (SSSR count). The summed E-state index contributed by atoms with van der Waals surface area (Å²) >= 11 is 1.54. The van der Waals surface area contributed by atoms with Gasteiger partial charge in [0.15, 0.2) is 5.13 Å². The standard InChI is InChI=1S/C19H23N3O3S2/c23-18(21-19-20-16-6-2-3-7-17(16)26-19)14-8-10-15(11-9-14)27(24,25)22-12-4-1-5-13-22/h8-11H,1-7,12-13H2,(H,20,21,23). The van der Waals surface area contributed by atoms with Crippen LogP contribution >= 0.6 is 11.3 Å². The van der Waals surface area contributed by atoms with Crippen molar-refractivity contribution in [3.8, 4) is 0 Å². The normalized spacial score (nSPS) is 18.1. The molecule has 1 amide bonds. The van der Waals surface area contributed by atoms with Gasteiger partial charge in [-0.1, -0.05) is 6.42 Å². The number of rotatable bonds is 4. The van der Waals surface area contributed by atoms with Gasteiger partial charge in [-0.3, -0.25) is 10.1 Å². The lowest BCUT2D eigenvalue weighted by Gasteiger charge is -2.25. The van der Waals surface area contributed by atoms with Gasteiger partial charge in [0.1, 0.15) is 0 Å². The molecule has 1 aliphatic carbocycles. The zero-order valence-corrected chi connectivity index (χ0v) is 16.7. The van der Waals surface area contributed by atoms with Crippen LogP contribution in [0.3, 0.4) is 0 Å². The molecule has 1 fully saturated rings. The lowest BCUT2D eigenvalue weighted by Crippen LogP contribution is -2.35. The number of piperidine rings is 1. The number of amides is 1. The number of carbonyl (C=O) groups excluding carboxylic acids is 1. The van der Waals surface area contributed by atoms with E-state index in [1.807, 2.05) is 0 Å². The number of anilines is 1. The second-order valence-corrected chi connectivity index (χ2v) is 10.1. The Morgan fingerprint density at radius 1 is 1.00 bits per heavy atom. The van der Waals surface area contributed by atoms with Crippen molar-refractivity contribution in [3.05, 3.63) is 40.4 Å². The molecule has 1 saturated heterocycles. The fourth-order valence-electron chi connectivity index (χ4n) is 3.61. The molecule has 2 heterocycles. The third-order valence-corrected chi connectivity index (χ3v) is 8.12. The number of thiazole rings is 1. The Balaban J connectivity index is 1.46. The van der Waals surface area contributed by atoms with Gasteiger partial charge in [-0.15, -0.1) is 11.3 Å². The summed E-state index contributed by atoms with van der Waals surface area (Å²) < 4.78 is 26.9. The first-order valence-electron chi connectivity index (χ1n) is 9.44. The topological polar surface area (TPSA) is 79.4 Å². The Kier molecular flexibility index (Phi) is 5.29. The van der Waals surface area contributed by atoms with Crippen LogP contribution in [0.4, 0.5) is 5.13 Å². The van der Waals surface area contributed by atoms with Crippen molar-refractivity contribution in [2.75, 3.05) is 18.4 Å². The van der Waals surface area contributed by atoms with Gasteiger partial charge < -0.3 is 0 Å². The monoisotopic (exact) mass is 405 g/mol. The molecule has 0 spiro atoms. The average molecular weight is 406 g/mol. The van der Waals surface area contributed by atoms with E-state index in [1.54, 1.807) is 12.1 Å². The molecular formula is C19H23N3O3S2. The van der Waals surface area contributed by atoms with E-state index in [2.05, 4.69) is 10.3 Å². The van der Waals surface area contributed by atoms with Crippen LogP contribution in [0.1, 0.15) is 53.0 Å². The number of carbonyl (C=O) groups is 1. The summed E-state index contributed by atoms with van der Waals surface area (Å²) in [7, 11) is -3.47. The predicted molar refractivity (Wildman–Crippen MR) is 106 cm³/mol. The van der Waals surface area contributed by atoms with Crippen LogP contribution in [-0.4, -0.2) is 36.7 Å². The number of sulfonamides is 1. The van der Waals surface area contributed by atoms with Crippen molar-refractivity contribution in [1.82, 2.24) is 9.29 Å². The molecule has 1 aromatic heterocycles. The molecule has 0 unspecified atom stereocenters. The minimum atomic E-state index is -3.47. The van der Waals surface area contributed by atoms with Gasteiger partial charge in [0, 0.05) is 23.5 Å². The van der Waals surface area contributed by atoms with E-state index in [0.29, 0.717) is 23.8 Å². The van der Waals surface area contributed by atoms with Gasteiger partial charge in [0.2, 0.25) is 10.0 Å². The fourth-order valence-corrected chi connectivity index (χ4v) is 6.17. The SMILES string of the molecule is O=C(Nc1nc2c(s1)CCCC2)c1ccc(S(=O)(=O)N2CCCCC2)cc1. The van der Waals surface area contributed by atoms with E-state index >= 15 is 0 Å². The Morgan fingerprint density at radius 2 is 1.70 bits per heavy atom. The molecular weight excluding hydrogens is 382 g/mol. The van der Waals surface area contributed by atoms with E-state index in [0.717, 1.165) is 44.2 Å². The van der Waals surface area contributed by atoms with Crippen LogP contribution in [0.25, 0.3) is 0 Å². The number of nitrogens with one attached hydrogen (secondary N) is 1. The van der Waals surface area contributed by atoms with Gasteiger partial charge in [-0.25, -0.2) is 13.4 Å². The van der Waals surface area contributed by atoms with Gasteiger partial charge in [-0.2, -0.15) is 4.31 Å². The zero-order valence-electron chi connectivity index (χ0n) is 15.1. The summed E-state index contributed by atoms with van der Waals surface area (Å²) in [5.41, 5.74) is 1.53. The van der Waals surface area contributed by atoms with Crippen LogP contribution < -0.4 is 5.32 Å². The molecule has 0 saturated carbocycles. The van der Waals surface area contributed by atoms with E-state index < -0.39 is 10.0 Å². The first-order chi connectivity index (χ1) is 13.0. The highest BCUT2D eigenvalue weighted by Gasteiger charge is 2.26. The lowest BCUT2D eigenvalue weighted by molar-refractivity contribution is 0.102. The van der Waals surface area contributed by atoms with E-state index in [9.17, 15) is 13.2 Å². The van der Waals surface area contributed by atoms with Crippen molar-refractivity contribution in [1.29, 1.82) is 0 Å². The largest absolute Gasteiger partial charge is 0.298 e. The molecule has 1 aliphatic heterocycles. The minimum absolute atomic E-state index is 0.241. The molecule has 1 aromatic carbocycles. The molecule has 0 bridgehead atoms. The minimum Gasteiger partial charge on any atom is -0.298 e. The zero-order chi connectivity index (χ0) is 18.9. The van der Waals surface area contributed by atoms with Gasteiger partial charge in [0.05, 0.1) is 10.6 Å². The maximum absolute atomic E-state index is 12.7. The Labute approximate surface area is 163 Å². The summed E-state index contributed by atoms with van der Waals surface area (Å²) in [6.45, 7) is 1.14. The van der Waals surface area contributed by atoms with Gasteiger partial charge >= 0.3 is 0 Å². The van der Waals surface area contributed by atoms with Crippen molar-refractivity contribution in [2.24, 2.45) is 0 Å². The van der Waals surface area contributed by atoms with Crippen LogP contribution in [0, 0.1) is 0 Å². The van der Waals surface area contributed by atoms with Crippen LogP contribution in [0.5, 0.6) is 0 Å². The summed E-state index contributed by atoms with van der Waals surface area (Å²) in [5.74, 6) is -0.261. The third kappa shape index (κ3) is 3.93. The second-order valence-electron chi connectivity index (χ2n) is 7.04. The van der Waals surface area contributed by atoms with Crippen molar-refractivity contribution in [3.63, 3.8) is 0 Å². The number of aryl methyl sites for hydroxylation is 2. The highest BCUT2D eigenvalue weighted by atomic mass is 32.2. The number of fused-ring (bicyclic) bond motifs is 1. The maximum Gasteiger partial charge on any atom is 0.257 e. The molecule has 1 N–H and O–H groups in total. The predicted octanol–water partition coefficient (Wildman–Crippen LogP) is 3.45. The van der Waals surface area contributed by atoms with E-state index in [4.69, 9.17) is 0 Å². The summed E-state index contributed by atoms with van der Waals surface area (Å²) in [4.78, 5) is 18.5. The van der Waals surface area contributed by atoms with Crippen LogP contribution in [0.2, 0.25) is 0 Å². The van der Waals surface area contributed by atoms with Crippen LogP contribution in [-0.2, 0) is 22.9 Å². The number of hydrogen-bond acceptors (Lipinski definition) is 5. The van der Waals surface area contributed by atoms with Crippen molar-refractivity contribution < 1.29 is 13.2 Å². The Bertz CT molecular complexity index is 906. The number of aromatic nitrogens is 1. The average Bonchev–Trinajstić information content (AvgIpc) is 3.11. The molecule has 8 heteroatoms. The number of nitrogens with zero attached hydrogens (tertiary/aromatic N) is 2. The highest BCUT2D eigenvalue weighted by molar-refractivity contribution is 7.89. The Morgan fingerprint density at radius 3 is 2.41 bits per heavy atom. The van der Waals surface area contributed by atoms with Gasteiger partial charge in [0.25, 0.3) is 5.91 Å². The van der Waals surface area contributed by atoms with Crippen LogP contribution in [0.15, 0.2) is 29.2 Å². The Hall–Kier alpha value is -1.77. The molecule has 2 aromatic rings. The third-order valence-electron chi connectivity index (χ3n) is 5.14. The molecule has 6 nitrogen and oxygen atoms in total. The number of hydrogen-bond donors (Lipinski definition) is 1. The molecule has 0 atom stereocenters. The first-order valence-corrected chi connectivity index (χ1v) is 11.7. The van der Waals surface area contributed by atoms with Crippen molar-refractivity contribution >= 4 is 32.4 Å². The van der Waals surface area contributed by atoms with Gasteiger partial charge in [-0.05, 0) is 62.8 Å². The molecule has 0 radical (unpaired) electrons. The molecule has 144 valence electrons.